The smallest absolute Gasteiger partial charge is 0.335 e. The number of carboxylic acid groups (broad SMARTS) is 1. The van der Waals surface area contributed by atoms with Gasteiger partial charge in [0, 0.05) is 17.7 Å². The third kappa shape index (κ3) is 4.42. The molecule has 0 aliphatic heterocycles. The number of H-pyrrole nitrogens is 1. The van der Waals surface area contributed by atoms with Crippen molar-refractivity contribution < 1.29 is 14.7 Å². The molecule has 0 aliphatic rings. The number of rotatable bonds is 5. The van der Waals surface area contributed by atoms with Gasteiger partial charge in [-0.25, -0.2) is 4.79 Å². The number of hydrogen-bond acceptors (Lipinski definition) is 3. The topological polar surface area (TPSA) is 95.1 Å². The van der Waals surface area contributed by atoms with E-state index in [1.807, 2.05) is 20.8 Å². The van der Waals surface area contributed by atoms with E-state index in [2.05, 4.69) is 15.5 Å². The van der Waals surface area contributed by atoms with E-state index in [1.165, 1.54) is 0 Å². The Hall–Kier alpha value is -2.63. The number of carboxylic acids is 1. The third-order valence-electron chi connectivity index (χ3n) is 3.52. The molecule has 0 unspecified atom stereocenters. The molecule has 6 nitrogen and oxygen atoms in total. The highest BCUT2D eigenvalue weighted by atomic mass is 16.4. The summed E-state index contributed by atoms with van der Waals surface area (Å²) in [6.07, 6.45) is 0.627. The first-order valence-electron chi connectivity index (χ1n) is 7.43. The molecule has 1 amide bonds. The average Bonchev–Trinajstić information content (AvgIpc) is 2.97. The van der Waals surface area contributed by atoms with E-state index >= 15 is 0 Å². The monoisotopic (exact) mass is 315 g/mol. The molecule has 3 N–H and O–H groups in total. The fraction of sp³-hybridized carbons (Fsp3) is 0.353. The predicted octanol–water partition coefficient (Wildman–Crippen LogP) is 2.38. The highest BCUT2D eigenvalue weighted by Gasteiger charge is 2.19. The number of aromatic amines is 1. The average molecular weight is 315 g/mol. The molecule has 23 heavy (non-hydrogen) atoms. The van der Waals surface area contributed by atoms with Crippen LogP contribution in [0.25, 0.3) is 0 Å². The molecule has 0 fully saturated rings. The van der Waals surface area contributed by atoms with E-state index < -0.39 is 5.97 Å². The number of amides is 1. The van der Waals surface area contributed by atoms with Crippen LogP contribution < -0.4 is 5.32 Å². The van der Waals surface area contributed by atoms with Crippen LogP contribution in [0.1, 0.15) is 52.9 Å². The maximum absolute atomic E-state index is 12.0. The van der Waals surface area contributed by atoms with E-state index in [0.29, 0.717) is 18.7 Å². The number of nitrogens with one attached hydrogen (secondary N) is 2. The van der Waals surface area contributed by atoms with Crippen molar-refractivity contribution in [3.05, 3.63) is 52.8 Å². The van der Waals surface area contributed by atoms with Gasteiger partial charge in [0.1, 0.15) is 5.69 Å². The Kier molecular flexibility index (Phi) is 4.83. The summed E-state index contributed by atoms with van der Waals surface area (Å²) in [5, 5.41) is 18.6. The normalized spacial score (nSPS) is 11.3. The van der Waals surface area contributed by atoms with Crippen LogP contribution in [0.5, 0.6) is 0 Å². The zero-order chi connectivity index (χ0) is 17.0. The standard InChI is InChI=1S/C17H21N3O3/c1-17(2,3)14-10-13(19-20-14)15(21)18-9-8-11-4-6-12(7-5-11)16(22)23/h4-7,10H,8-9H2,1-3H3,(H,18,21)(H,19,20)(H,22,23). The van der Waals surface area contributed by atoms with Crippen LogP contribution in [-0.2, 0) is 11.8 Å². The van der Waals surface area contributed by atoms with Gasteiger partial charge in [0.05, 0.1) is 5.56 Å². The highest BCUT2D eigenvalue weighted by Crippen LogP contribution is 2.20. The maximum atomic E-state index is 12.0. The SMILES string of the molecule is CC(C)(C)c1cc(C(=O)NCCc2ccc(C(=O)O)cc2)n[nH]1. The molecule has 0 bridgehead atoms. The van der Waals surface area contributed by atoms with Crippen LogP contribution in [0.3, 0.4) is 0 Å². The minimum Gasteiger partial charge on any atom is -0.478 e. The molecule has 0 spiro atoms. The predicted molar refractivity (Wildman–Crippen MR) is 86.7 cm³/mol. The van der Waals surface area contributed by atoms with Gasteiger partial charge in [-0.2, -0.15) is 5.10 Å². The minimum absolute atomic E-state index is 0.0859. The molecule has 0 radical (unpaired) electrons. The lowest BCUT2D eigenvalue weighted by atomic mass is 9.92. The van der Waals surface area contributed by atoms with E-state index in [-0.39, 0.29) is 16.9 Å². The summed E-state index contributed by atoms with van der Waals surface area (Å²) in [6, 6.07) is 8.38. The summed E-state index contributed by atoms with van der Waals surface area (Å²) in [5.74, 6) is -1.17. The van der Waals surface area contributed by atoms with Gasteiger partial charge in [-0.05, 0) is 30.2 Å². The summed E-state index contributed by atoms with van der Waals surface area (Å²) in [5.41, 5.74) is 2.41. The molecule has 0 saturated heterocycles. The Bertz CT molecular complexity index is 697. The van der Waals surface area contributed by atoms with Crippen molar-refractivity contribution in [2.24, 2.45) is 0 Å². The summed E-state index contributed by atoms with van der Waals surface area (Å²) < 4.78 is 0. The molecule has 1 aromatic heterocycles. The van der Waals surface area contributed by atoms with Crippen LogP contribution in [0, 0.1) is 0 Å². The summed E-state index contributed by atoms with van der Waals surface area (Å²) in [4.78, 5) is 22.8. The first-order valence-corrected chi connectivity index (χ1v) is 7.43. The lowest BCUT2D eigenvalue weighted by Crippen LogP contribution is -2.26. The lowest BCUT2D eigenvalue weighted by molar-refractivity contribution is 0.0696. The summed E-state index contributed by atoms with van der Waals surface area (Å²) in [6.45, 7) is 6.60. The van der Waals surface area contributed by atoms with E-state index in [9.17, 15) is 9.59 Å². The van der Waals surface area contributed by atoms with Gasteiger partial charge in [-0.3, -0.25) is 9.89 Å². The van der Waals surface area contributed by atoms with Gasteiger partial charge in [-0.1, -0.05) is 32.9 Å². The Balaban J connectivity index is 1.87. The second-order valence-electron chi connectivity index (χ2n) is 6.42. The Morgan fingerprint density at radius 3 is 2.39 bits per heavy atom. The zero-order valence-electron chi connectivity index (χ0n) is 13.5. The molecule has 0 aliphatic carbocycles. The van der Waals surface area contributed by atoms with E-state index in [0.717, 1.165) is 11.3 Å². The minimum atomic E-state index is -0.946. The van der Waals surface area contributed by atoms with Crippen LogP contribution in [0.4, 0.5) is 0 Å². The lowest BCUT2D eigenvalue weighted by Gasteiger charge is -2.14. The fourth-order valence-corrected chi connectivity index (χ4v) is 2.05. The molecular formula is C17H21N3O3. The first kappa shape index (κ1) is 16.7. The number of hydrogen-bond donors (Lipinski definition) is 3. The van der Waals surface area contributed by atoms with Gasteiger partial charge in [0.15, 0.2) is 0 Å². The Labute approximate surface area is 134 Å². The fourth-order valence-electron chi connectivity index (χ4n) is 2.05. The number of carbonyl (C=O) groups is 2. The van der Waals surface area contributed by atoms with Crippen molar-refractivity contribution in [1.82, 2.24) is 15.5 Å². The number of aromatic nitrogens is 2. The van der Waals surface area contributed by atoms with E-state index in [1.54, 1.807) is 30.3 Å². The molecule has 6 heteroatoms. The van der Waals surface area contributed by atoms with Crippen LogP contribution in [0.2, 0.25) is 0 Å². The largest absolute Gasteiger partial charge is 0.478 e. The molecule has 0 saturated carbocycles. The summed E-state index contributed by atoms with van der Waals surface area (Å²) >= 11 is 0. The number of benzene rings is 1. The molecule has 2 aromatic rings. The molecule has 1 heterocycles. The second kappa shape index (κ2) is 6.64. The molecule has 122 valence electrons. The molecule has 0 atom stereocenters. The Morgan fingerprint density at radius 2 is 1.87 bits per heavy atom. The summed E-state index contributed by atoms with van der Waals surface area (Å²) in [7, 11) is 0. The molecule has 2 rings (SSSR count). The van der Waals surface area contributed by atoms with Crippen molar-refractivity contribution in [3.8, 4) is 0 Å². The van der Waals surface area contributed by atoms with E-state index in [4.69, 9.17) is 5.11 Å². The number of aromatic carboxylic acids is 1. The van der Waals surface area contributed by atoms with Gasteiger partial charge in [0.2, 0.25) is 0 Å². The van der Waals surface area contributed by atoms with Gasteiger partial charge >= 0.3 is 5.97 Å². The van der Waals surface area contributed by atoms with Crippen LogP contribution in [-0.4, -0.2) is 33.7 Å². The van der Waals surface area contributed by atoms with Crippen molar-refractivity contribution in [2.75, 3.05) is 6.54 Å². The maximum Gasteiger partial charge on any atom is 0.335 e. The van der Waals surface area contributed by atoms with Gasteiger partial charge in [0.25, 0.3) is 5.91 Å². The van der Waals surface area contributed by atoms with Crippen molar-refractivity contribution >= 4 is 11.9 Å². The third-order valence-corrected chi connectivity index (χ3v) is 3.52. The molecular weight excluding hydrogens is 294 g/mol. The Morgan fingerprint density at radius 1 is 1.22 bits per heavy atom. The van der Waals surface area contributed by atoms with Crippen molar-refractivity contribution in [2.45, 2.75) is 32.6 Å². The highest BCUT2D eigenvalue weighted by molar-refractivity contribution is 5.92. The van der Waals surface area contributed by atoms with Crippen LogP contribution in [0.15, 0.2) is 30.3 Å². The second-order valence-corrected chi connectivity index (χ2v) is 6.42. The molecule has 1 aromatic carbocycles. The van der Waals surface area contributed by atoms with Crippen molar-refractivity contribution in [3.63, 3.8) is 0 Å². The van der Waals surface area contributed by atoms with Gasteiger partial charge < -0.3 is 10.4 Å². The number of carbonyl (C=O) groups excluding carboxylic acids is 1. The quantitative estimate of drug-likeness (QED) is 0.789. The zero-order valence-corrected chi connectivity index (χ0v) is 13.5. The number of nitrogens with zero attached hydrogens (tertiary/aromatic N) is 1. The van der Waals surface area contributed by atoms with Gasteiger partial charge in [-0.15, -0.1) is 0 Å². The van der Waals surface area contributed by atoms with Crippen LogP contribution >= 0.6 is 0 Å². The van der Waals surface area contributed by atoms with Crippen molar-refractivity contribution in [1.29, 1.82) is 0 Å². The first-order chi connectivity index (χ1) is 10.8.